The lowest BCUT2D eigenvalue weighted by atomic mass is 10.1. The van der Waals surface area contributed by atoms with Crippen LogP contribution in [0.5, 0.6) is 0 Å². The van der Waals surface area contributed by atoms with Crippen LogP contribution in [0.2, 0.25) is 0 Å². The van der Waals surface area contributed by atoms with E-state index in [-0.39, 0.29) is 11.0 Å². The average molecular weight is 229 g/mol. The number of benzene rings is 1. The molecule has 1 aromatic rings. The highest BCUT2D eigenvalue weighted by Gasteiger charge is 2.18. The summed E-state index contributed by atoms with van der Waals surface area (Å²) in [5.74, 6) is 0. The Balaban J connectivity index is 3.29. The Morgan fingerprint density at radius 3 is 2.47 bits per heavy atom. The Bertz CT molecular complexity index is 424. The zero-order valence-corrected chi connectivity index (χ0v) is 9.62. The van der Waals surface area contributed by atoms with Gasteiger partial charge in [-0.25, -0.2) is 13.6 Å². The highest BCUT2D eigenvalue weighted by atomic mass is 32.2. The summed E-state index contributed by atoms with van der Waals surface area (Å²) >= 11 is 0. The Labute approximate surface area is 90.1 Å². The first-order valence-electron chi connectivity index (χ1n) is 4.65. The predicted molar refractivity (Wildman–Crippen MR) is 57.9 cm³/mol. The maximum atomic E-state index is 11.3. The maximum Gasteiger partial charge on any atom is 0.238 e. The van der Waals surface area contributed by atoms with Crippen molar-refractivity contribution in [2.75, 3.05) is 7.11 Å². The molecule has 0 aliphatic rings. The zero-order chi connectivity index (χ0) is 11.5. The number of nitrogens with two attached hydrogens (primary N) is 1. The molecule has 0 spiro atoms. The van der Waals surface area contributed by atoms with Gasteiger partial charge in [-0.15, -0.1) is 0 Å². The van der Waals surface area contributed by atoms with Gasteiger partial charge in [-0.2, -0.15) is 0 Å². The number of ether oxygens (including phenoxy) is 1. The number of methoxy groups -OCH3 is 1. The van der Waals surface area contributed by atoms with E-state index in [1.165, 1.54) is 6.07 Å². The van der Waals surface area contributed by atoms with Gasteiger partial charge < -0.3 is 4.74 Å². The summed E-state index contributed by atoms with van der Waals surface area (Å²) in [7, 11) is -2.13. The number of primary sulfonamides is 1. The highest BCUT2D eigenvalue weighted by molar-refractivity contribution is 7.89. The molecule has 84 valence electrons. The van der Waals surface area contributed by atoms with Crippen molar-refractivity contribution in [2.24, 2.45) is 5.14 Å². The average Bonchev–Trinajstić information content (AvgIpc) is 2.19. The first-order chi connectivity index (χ1) is 7.00. The van der Waals surface area contributed by atoms with E-state index in [9.17, 15) is 8.42 Å². The lowest BCUT2D eigenvalue weighted by Gasteiger charge is -2.16. The molecule has 0 amide bonds. The molecular weight excluding hydrogens is 214 g/mol. The van der Waals surface area contributed by atoms with Crippen molar-refractivity contribution in [1.29, 1.82) is 0 Å². The fraction of sp³-hybridized carbons (Fsp3) is 0.400. The predicted octanol–water partition coefficient (Wildman–Crippen LogP) is 1.43. The molecule has 5 heteroatoms. The van der Waals surface area contributed by atoms with E-state index in [1.807, 2.05) is 6.92 Å². The van der Waals surface area contributed by atoms with Crippen molar-refractivity contribution in [1.82, 2.24) is 0 Å². The normalized spacial score (nSPS) is 13.8. The van der Waals surface area contributed by atoms with Crippen LogP contribution in [0.4, 0.5) is 0 Å². The molecule has 1 aromatic carbocycles. The van der Waals surface area contributed by atoms with Crippen LogP contribution >= 0.6 is 0 Å². The minimum Gasteiger partial charge on any atom is -0.377 e. The molecule has 0 bridgehead atoms. The fourth-order valence-corrected chi connectivity index (χ4v) is 2.32. The van der Waals surface area contributed by atoms with Crippen molar-refractivity contribution in [3.63, 3.8) is 0 Å². The molecule has 1 atom stereocenters. The number of hydrogen-bond acceptors (Lipinski definition) is 3. The smallest absolute Gasteiger partial charge is 0.238 e. The van der Waals surface area contributed by atoms with Gasteiger partial charge in [-0.1, -0.05) is 25.1 Å². The molecule has 0 aliphatic heterocycles. The van der Waals surface area contributed by atoms with Gasteiger partial charge in [0.15, 0.2) is 0 Å². The first-order valence-corrected chi connectivity index (χ1v) is 6.19. The highest BCUT2D eigenvalue weighted by Crippen LogP contribution is 2.25. The van der Waals surface area contributed by atoms with Crippen LogP contribution in [0.25, 0.3) is 0 Å². The summed E-state index contributed by atoms with van der Waals surface area (Å²) < 4.78 is 27.8. The van der Waals surface area contributed by atoms with Crippen molar-refractivity contribution < 1.29 is 13.2 Å². The molecule has 0 aliphatic carbocycles. The molecule has 0 saturated heterocycles. The molecule has 0 heterocycles. The quantitative estimate of drug-likeness (QED) is 0.849. The molecule has 0 aromatic heterocycles. The van der Waals surface area contributed by atoms with E-state index >= 15 is 0 Å². The lowest BCUT2D eigenvalue weighted by Crippen LogP contribution is -2.16. The zero-order valence-electron chi connectivity index (χ0n) is 8.80. The molecule has 1 unspecified atom stereocenters. The van der Waals surface area contributed by atoms with Crippen LogP contribution in [0.1, 0.15) is 25.0 Å². The molecular formula is C10H15NO3S. The second-order valence-electron chi connectivity index (χ2n) is 3.22. The van der Waals surface area contributed by atoms with E-state index in [0.29, 0.717) is 12.0 Å². The van der Waals surface area contributed by atoms with Crippen molar-refractivity contribution in [2.45, 2.75) is 24.3 Å². The van der Waals surface area contributed by atoms with E-state index < -0.39 is 10.0 Å². The van der Waals surface area contributed by atoms with E-state index in [2.05, 4.69) is 0 Å². The van der Waals surface area contributed by atoms with E-state index in [4.69, 9.17) is 9.88 Å². The number of sulfonamides is 1. The fourth-order valence-electron chi connectivity index (χ4n) is 1.52. The number of hydrogen-bond donors (Lipinski definition) is 1. The van der Waals surface area contributed by atoms with Gasteiger partial charge in [0.2, 0.25) is 10.0 Å². The second kappa shape index (κ2) is 4.74. The summed E-state index contributed by atoms with van der Waals surface area (Å²) in [6.07, 6.45) is 0.461. The molecule has 4 nitrogen and oxygen atoms in total. The molecule has 15 heavy (non-hydrogen) atoms. The monoisotopic (exact) mass is 229 g/mol. The standard InChI is InChI=1S/C10H15NO3S/c1-3-9(14-2)8-6-4-5-7-10(8)15(11,12)13/h4-7,9H,3H2,1-2H3,(H2,11,12,13). The van der Waals surface area contributed by atoms with Gasteiger partial charge >= 0.3 is 0 Å². The topological polar surface area (TPSA) is 69.4 Å². The van der Waals surface area contributed by atoms with Crippen LogP contribution in [0.3, 0.4) is 0 Å². The van der Waals surface area contributed by atoms with Crippen LogP contribution in [-0.4, -0.2) is 15.5 Å². The summed E-state index contributed by atoms with van der Waals surface area (Å²) in [5.41, 5.74) is 0.616. The Morgan fingerprint density at radius 2 is 2.00 bits per heavy atom. The van der Waals surface area contributed by atoms with E-state index in [0.717, 1.165) is 0 Å². The van der Waals surface area contributed by atoms with Gasteiger partial charge in [-0.3, -0.25) is 0 Å². The van der Waals surface area contributed by atoms with Crippen LogP contribution < -0.4 is 5.14 Å². The van der Waals surface area contributed by atoms with Gasteiger partial charge in [0.1, 0.15) is 0 Å². The van der Waals surface area contributed by atoms with E-state index in [1.54, 1.807) is 25.3 Å². The van der Waals surface area contributed by atoms with Crippen LogP contribution in [0, 0.1) is 0 Å². The van der Waals surface area contributed by atoms with Gasteiger partial charge in [0.05, 0.1) is 11.0 Å². The molecule has 0 saturated carbocycles. The Hall–Kier alpha value is -0.910. The van der Waals surface area contributed by atoms with Gasteiger partial charge in [0.25, 0.3) is 0 Å². The third kappa shape index (κ3) is 2.77. The molecule has 0 fully saturated rings. The van der Waals surface area contributed by atoms with Crippen molar-refractivity contribution in [3.05, 3.63) is 29.8 Å². The van der Waals surface area contributed by atoms with Crippen LogP contribution in [0.15, 0.2) is 29.2 Å². The Kier molecular flexibility index (Phi) is 3.84. The third-order valence-electron chi connectivity index (χ3n) is 2.23. The largest absolute Gasteiger partial charge is 0.377 e. The van der Waals surface area contributed by atoms with Crippen molar-refractivity contribution in [3.8, 4) is 0 Å². The molecule has 0 radical (unpaired) electrons. The summed E-state index contributed by atoms with van der Waals surface area (Å²) in [5, 5.41) is 5.12. The third-order valence-corrected chi connectivity index (χ3v) is 3.21. The SMILES string of the molecule is CCC(OC)c1ccccc1S(N)(=O)=O. The van der Waals surface area contributed by atoms with Gasteiger partial charge in [0, 0.05) is 12.7 Å². The maximum absolute atomic E-state index is 11.3. The lowest BCUT2D eigenvalue weighted by molar-refractivity contribution is 0.0977. The first kappa shape index (κ1) is 12.2. The minimum atomic E-state index is -3.68. The second-order valence-corrected chi connectivity index (χ2v) is 4.75. The van der Waals surface area contributed by atoms with Gasteiger partial charge in [-0.05, 0) is 12.5 Å². The van der Waals surface area contributed by atoms with Crippen molar-refractivity contribution >= 4 is 10.0 Å². The molecule has 2 N–H and O–H groups in total. The van der Waals surface area contributed by atoms with Crippen LogP contribution in [-0.2, 0) is 14.8 Å². The summed E-state index contributed by atoms with van der Waals surface area (Å²) in [6, 6.07) is 6.63. The number of rotatable bonds is 4. The summed E-state index contributed by atoms with van der Waals surface area (Å²) in [6.45, 7) is 1.92. The Morgan fingerprint density at radius 1 is 1.40 bits per heavy atom. The molecule has 1 rings (SSSR count). The minimum absolute atomic E-state index is 0.138. The summed E-state index contributed by atoms with van der Waals surface area (Å²) in [4.78, 5) is 0.138.